The summed E-state index contributed by atoms with van der Waals surface area (Å²) in [6, 6.07) is 18.3. The number of carbonyl (C=O) groups is 2. The van der Waals surface area contributed by atoms with Crippen LogP contribution < -0.4 is 20.1 Å². The quantitative estimate of drug-likeness (QED) is 0.137. The van der Waals surface area contributed by atoms with Gasteiger partial charge in [-0.2, -0.15) is 13.2 Å². The van der Waals surface area contributed by atoms with Crippen molar-refractivity contribution in [2.75, 3.05) is 24.9 Å². The summed E-state index contributed by atoms with van der Waals surface area (Å²) in [7, 11) is 3.03. The summed E-state index contributed by atoms with van der Waals surface area (Å²) in [5.74, 6) is -1.07. The van der Waals surface area contributed by atoms with Crippen molar-refractivity contribution in [2.24, 2.45) is 5.41 Å². The Morgan fingerprint density at radius 3 is 1.42 bits per heavy atom. The SMILES string of the molecule is CCC(O)Cc1c(NC(=O)C(C)(C)C)cc2ccccc2c1OC.CCC(O)Cc1c(NC(=O)C(F)(F)F)cc2ccccc2c1OC. The van der Waals surface area contributed by atoms with Crippen LogP contribution >= 0.6 is 0 Å². The molecular weight excluding hydrogens is 625 g/mol. The van der Waals surface area contributed by atoms with Gasteiger partial charge >= 0.3 is 12.1 Å². The predicted molar refractivity (Wildman–Crippen MR) is 184 cm³/mol. The van der Waals surface area contributed by atoms with Crippen LogP contribution in [-0.2, 0) is 22.4 Å². The number of nitrogens with one attached hydrogen (secondary N) is 2. The van der Waals surface area contributed by atoms with Gasteiger partial charge < -0.3 is 30.3 Å². The van der Waals surface area contributed by atoms with Crippen LogP contribution in [0, 0.1) is 5.41 Å². The highest BCUT2D eigenvalue weighted by molar-refractivity contribution is 6.02. The number of hydrogen-bond acceptors (Lipinski definition) is 6. The molecule has 260 valence electrons. The molecule has 48 heavy (non-hydrogen) atoms. The molecule has 4 aromatic rings. The molecule has 0 aromatic heterocycles. The monoisotopic (exact) mass is 670 g/mol. The van der Waals surface area contributed by atoms with E-state index < -0.39 is 29.7 Å². The highest BCUT2D eigenvalue weighted by Gasteiger charge is 2.39. The molecule has 0 bridgehead atoms. The lowest BCUT2D eigenvalue weighted by molar-refractivity contribution is -0.167. The number of aliphatic hydroxyl groups is 2. The molecule has 0 fully saturated rings. The van der Waals surface area contributed by atoms with Crippen molar-refractivity contribution in [3.63, 3.8) is 0 Å². The lowest BCUT2D eigenvalue weighted by atomic mass is 9.94. The molecule has 0 aliphatic carbocycles. The number of methoxy groups -OCH3 is 2. The highest BCUT2D eigenvalue weighted by atomic mass is 19.4. The van der Waals surface area contributed by atoms with Crippen LogP contribution in [0.2, 0.25) is 0 Å². The third kappa shape index (κ3) is 9.38. The lowest BCUT2D eigenvalue weighted by Gasteiger charge is -2.23. The number of ether oxygens (including phenoxy) is 2. The van der Waals surface area contributed by atoms with Gasteiger partial charge in [0.15, 0.2) is 0 Å². The van der Waals surface area contributed by atoms with Crippen LogP contribution in [0.3, 0.4) is 0 Å². The van der Waals surface area contributed by atoms with Crippen LogP contribution in [0.5, 0.6) is 11.5 Å². The van der Waals surface area contributed by atoms with Crippen LogP contribution in [0.15, 0.2) is 60.7 Å². The second kappa shape index (κ2) is 16.2. The molecule has 0 saturated heterocycles. The van der Waals surface area contributed by atoms with Crippen molar-refractivity contribution in [2.45, 2.75) is 78.7 Å². The van der Waals surface area contributed by atoms with Gasteiger partial charge in [0.1, 0.15) is 11.5 Å². The highest BCUT2D eigenvalue weighted by Crippen LogP contribution is 2.39. The topological polar surface area (TPSA) is 117 Å². The fourth-order valence-electron chi connectivity index (χ4n) is 5.07. The number of amides is 2. The van der Waals surface area contributed by atoms with E-state index in [4.69, 9.17) is 9.47 Å². The molecule has 0 aliphatic rings. The summed E-state index contributed by atoms with van der Waals surface area (Å²) in [6.07, 6.45) is -4.68. The number of anilines is 2. The number of rotatable bonds is 10. The Labute approximate surface area is 279 Å². The molecule has 0 aliphatic heterocycles. The maximum absolute atomic E-state index is 12.6. The Bertz CT molecular complexity index is 1610. The Morgan fingerprint density at radius 2 is 1.08 bits per heavy atom. The van der Waals surface area contributed by atoms with Crippen molar-refractivity contribution >= 4 is 44.7 Å². The summed E-state index contributed by atoms with van der Waals surface area (Å²) >= 11 is 0. The second-order valence-corrected chi connectivity index (χ2v) is 12.5. The summed E-state index contributed by atoms with van der Waals surface area (Å²) in [4.78, 5) is 23.8. The third-order valence-electron chi connectivity index (χ3n) is 7.87. The van der Waals surface area contributed by atoms with Crippen molar-refractivity contribution < 1.29 is 42.4 Å². The molecule has 0 saturated carbocycles. The number of hydrogen-bond donors (Lipinski definition) is 4. The molecule has 4 aromatic carbocycles. The van der Waals surface area contributed by atoms with E-state index in [1.807, 2.05) is 63.3 Å². The molecular formula is C37H45F3N2O6. The number of carbonyl (C=O) groups excluding carboxylic acids is 2. The zero-order valence-corrected chi connectivity index (χ0v) is 28.4. The van der Waals surface area contributed by atoms with Crippen LogP contribution in [-0.4, -0.2) is 54.6 Å². The van der Waals surface area contributed by atoms with Gasteiger partial charge in [0.05, 0.1) is 26.4 Å². The van der Waals surface area contributed by atoms with Crippen molar-refractivity contribution in [3.8, 4) is 11.5 Å². The standard InChI is InChI=1S/C20H27NO3.C17H18F3NO3/c1-6-14(22)12-16-17(21-19(23)20(2,3)4)11-13-9-7-8-10-15(13)18(16)24-5;1-3-11(22)9-13-14(21-16(23)17(18,19)20)8-10-6-4-5-7-12(10)15(13)24-2/h7-11,14,22H,6,12H2,1-5H3,(H,21,23);4-8,11,22H,3,9H2,1-2H3,(H,21,23). The van der Waals surface area contributed by atoms with Gasteiger partial charge in [-0.25, -0.2) is 0 Å². The first-order valence-corrected chi connectivity index (χ1v) is 15.8. The van der Waals surface area contributed by atoms with Gasteiger partial charge in [-0.1, -0.05) is 83.1 Å². The lowest BCUT2D eigenvalue weighted by Crippen LogP contribution is -2.30. The average Bonchev–Trinajstić information content (AvgIpc) is 3.04. The molecule has 2 atom stereocenters. The second-order valence-electron chi connectivity index (χ2n) is 12.5. The minimum atomic E-state index is -5.00. The van der Waals surface area contributed by atoms with Crippen LogP contribution in [0.4, 0.5) is 24.5 Å². The van der Waals surface area contributed by atoms with Gasteiger partial charge in [-0.05, 0) is 35.7 Å². The van der Waals surface area contributed by atoms with Crippen molar-refractivity contribution in [3.05, 3.63) is 71.8 Å². The first-order chi connectivity index (χ1) is 22.5. The molecule has 0 radical (unpaired) electrons. The molecule has 4 rings (SSSR count). The van der Waals surface area contributed by atoms with E-state index in [-0.39, 0.29) is 18.0 Å². The van der Waals surface area contributed by atoms with E-state index in [9.17, 15) is 33.0 Å². The predicted octanol–water partition coefficient (Wildman–Crippen LogP) is 7.81. The number of alkyl halides is 3. The molecule has 4 N–H and O–H groups in total. The van der Waals surface area contributed by atoms with Gasteiger partial charge in [0.2, 0.25) is 5.91 Å². The Hall–Kier alpha value is -4.35. The van der Waals surface area contributed by atoms with Gasteiger partial charge in [0, 0.05) is 51.5 Å². The maximum atomic E-state index is 12.6. The van der Waals surface area contributed by atoms with E-state index >= 15 is 0 Å². The smallest absolute Gasteiger partial charge is 0.471 e. The molecule has 2 amide bonds. The number of benzene rings is 4. The van der Waals surface area contributed by atoms with Gasteiger partial charge in [-0.15, -0.1) is 0 Å². The summed E-state index contributed by atoms with van der Waals surface area (Å²) in [6.45, 7) is 9.32. The molecule has 8 nitrogen and oxygen atoms in total. The van der Waals surface area contributed by atoms with Gasteiger partial charge in [-0.3, -0.25) is 9.59 Å². The summed E-state index contributed by atoms with van der Waals surface area (Å²) in [5, 5.41) is 28.3. The largest absolute Gasteiger partial charge is 0.496 e. The molecule has 11 heteroatoms. The molecule has 0 heterocycles. The average molecular weight is 671 g/mol. The Kier molecular flexibility index (Phi) is 12.8. The van der Waals surface area contributed by atoms with Crippen molar-refractivity contribution in [1.29, 1.82) is 0 Å². The maximum Gasteiger partial charge on any atom is 0.471 e. The fraction of sp³-hybridized carbons (Fsp3) is 0.405. The Morgan fingerprint density at radius 1 is 0.708 bits per heavy atom. The van der Waals surface area contributed by atoms with Crippen LogP contribution in [0.25, 0.3) is 21.5 Å². The minimum Gasteiger partial charge on any atom is -0.496 e. The van der Waals surface area contributed by atoms with E-state index in [1.165, 1.54) is 13.2 Å². The zero-order chi connectivity index (χ0) is 35.8. The zero-order valence-electron chi connectivity index (χ0n) is 28.4. The fourth-order valence-corrected chi connectivity index (χ4v) is 5.07. The first-order valence-electron chi connectivity index (χ1n) is 15.8. The van der Waals surface area contributed by atoms with Gasteiger partial charge in [0.25, 0.3) is 0 Å². The minimum absolute atomic E-state index is 0.0135. The Balaban J connectivity index is 0.000000260. The summed E-state index contributed by atoms with van der Waals surface area (Å²) < 4.78 is 48.8. The van der Waals surface area contributed by atoms with E-state index in [0.29, 0.717) is 52.8 Å². The van der Waals surface area contributed by atoms with E-state index in [0.717, 1.165) is 16.3 Å². The first kappa shape index (κ1) is 38.1. The van der Waals surface area contributed by atoms with E-state index in [2.05, 4.69) is 5.32 Å². The number of fused-ring (bicyclic) bond motifs is 2. The number of halogens is 3. The van der Waals surface area contributed by atoms with E-state index in [1.54, 1.807) is 38.3 Å². The molecule has 2 unspecified atom stereocenters. The summed E-state index contributed by atoms with van der Waals surface area (Å²) in [5.41, 5.74) is 1.36. The van der Waals surface area contributed by atoms with Crippen LogP contribution in [0.1, 0.15) is 58.6 Å². The van der Waals surface area contributed by atoms with Crippen molar-refractivity contribution in [1.82, 2.24) is 0 Å². The normalized spacial score (nSPS) is 12.9. The number of aliphatic hydroxyl groups excluding tert-OH is 2. The third-order valence-corrected chi connectivity index (χ3v) is 7.87. The molecule has 0 spiro atoms.